The molecule has 1 aromatic carbocycles. The van der Waals surface area contributed by atoms with E-state index >= 15 is 0 Å². The summed E-state index contributed by atoms with van der Waals surface area (Å²) in [6.45, 7) is -0.449. The Balaban J connectivity index is 2.26. The molecule has 0 amide bonds. The van der Waals surface area contributed by atoms with Crippen molar-refractivity contribution in [3.8, 4) is 5.75 Å². The van der Waals surface area contributed by atoms with Crippen molar-refractivity contribution in [3.63, 3.8) is 0 Å². The van der Waals surface area contributed by atoms with Crippen molar-refractivity contribution in [1.29, 1.82) is 0 Å². The molecule has 0 radical (unpaired) electrons. The second kappa shape index (κ2) is 5.79. The maximum Gasteiger partial charge on any atom is 0.406 e. The molecule has 1 aromatic heterocycles. The maximum atomic E-state index is 13.5. The van der Waals surface area contributed by atoms with Crippen LogP contribution in [-0.2, 0) is 6.61 Å². The van der Waals surface area contributed by atoms with Crippen LogP contribution in [-0.4, -0.2) is 9.91 Å². The highest BCUT2D eigenvalue weighted by Gasteiger charge is 2.18. The van der Waals surface area contributed by atoms with E-state index in [1.165, 1.54) is 18.3 Å². The third-order valence-corrected chi connectivity index (χ3v) is 2.84. The minimum Gasteiger partial charge on any atom is -0.481 e. The molecule has 0 saturated carbocycles. The van der Waals surface area contributed by atoms with E-state index in [4.69, 9.17) is 16.3 Å². The lowest BCUT2D eigenvalue weighted by atomic mass is 10.2. The van der Waals surface area contributed by atoms with Crippen molar-refractivity contribution in [1.82, 2.24) is 4.98 Å². The molecular weight excluding hydrogens is 294 g/mol. The van der Waals surface area contributed by atoms with E-state index < -0.39 is 34.0 Å². The first-order chi connectivity index (χ1) is 9.50. The molecule has 0 spiro atoms. The maximum absolute atomic E-state index is 13.5. The van der Waals surface area contributed by atoms with Gasteiger partial charge in [-0.1, -0.05) is 11.6 Å². The van der Waals surface area contributed by atoms with E-state index in [2.05, 4.69) is 4.98 Å². The summed E-state index contributed by atoms with van der Waals surface area (Å²) in [7, 11) is 0. The number of hydrogen-bond donors (Lipinski definition) is 0. The zero-order valence-electron chi connectivity index (χ0n) is 9.85. The van der Waals surface area contributed by atoms with Crippen LogP contribution in [0.25, 0.3) is 0 Å². The van der Waals surface area contributed by atoms with E-state index in [0.29, 0.717) is 0 Å². The molecule has 0 aliphatic heterocycles. The number of halogens is 3. The molecule has 0 aliphatic carbocycles. The van der Waals surface area contributed by atoms with Gasteiger partial charge in [0.2, 0.25) is 5.75 Å². The predicted molar refractivity (Wildman–Crippen MR) is 66.6 cm³/mol. The third-order valence-electron chi connectivity index (χ3n) is 2.43. The standard InChI is InChI=1S/C12H7ClF2N2O3/c13-11-7(8(14)3-4-9(11)15)6-20-10-2-1-5-16-12(10)17(18)19/h1-5H,6H2. The smallest absolute Gasteiger partial charge is 0.406 e. The van der Waals surface area contributed by atoms with Crippen molar-refractivity contribution in [2.45, 2.75) is 6.61 Å². The predicted octanol–water partition coefficient (Wildman–Crippen LogP) is 3.50. The molecule has 0 unspecified atom stereocenters. The van der Waals surface area contributed by atoms with Gasteiger partial charge in [0, 0.05) is 5.56 Å². The number of nitrogens with zero attached hydrogens (tertiary/aromatic N) is 2. The average molecular weight is 301 g/mol. The zero-order chi connectivity index (χ0) is 14.7. The van der Waals surface area contributed by atoms with Crippen molar-refractivity contribution in [3.05, 3.63) is 62.8 Å². The summed E-state index contributed by atoms with van der Waals surface area (Å²) in [6.07, 6.45) is 1.22. The van der Waals surface area contributed by atoms with Gasteiger partial charge in [-0.15, -0.1) is 0 Å². The molecule has 1 heterocycles. The zero-order valence-corrected chi connectivity index (χ0v) is 10.6. The largest absolute Gasteiger partial charge is 0.481 e. The molecule has 5 nitrogen and oxygen atoms in total. The number of hydrogen-bond acceptors (Lipinski definition) is 4. The fourth-order valence-electron chi connectivity index (χ4n) is 1.48. The summed E-state index contributed by atoms with van der Waals surface area (Å²) in [6, 6.07) is 4.51. The van der Waals surface area contributed by atoms with E-state index in [1.807, 2.05) is 0 Å². The number of aromatic nitrogens is 1. The average Bonchev–Trinajstić information content (AvgIpc) is 2.43. The van der Waals surface area contributed by atoms with Crippen LogP contribution in [0.15, 0.2) is 30.5 Å². The number of ether oxygens (including phenoxy) is 1. The number of pyridine rings is 1. The van der Waals surface area contributed by atoms with Gasteiger partial charge in [-0.25, -0.2) is 8.78 Å². The van der Waals surface area contributed by atoms with E-state index in [1.54, 1.807) is 0 Å². The van der Waals surface area contributed by atoms with Crippen LogP contribution in [0.5, 0.6) is 5.75 Å². The van der Waals surface area contributed by atoms with Crippen LogP contribution in [0.4, 0.5) is 14.6 Å². The molecule has 0 N–H and O–H groups in total. The summed E-state index contributed by atoms with van der Waals surface area (Å²) in [5, 5.41) is 10.3. The van der Waals surface area contributed by atoms with E-state index in [9.17, 15) is 18.9 Å². The van der Waals surface area contributed by atoms with Gasteiger partial charge in [-0.05, 0) is 34.2 Å². The molecule has 0 saturated heterocycles. The first kappa shape index (κ1) is 14.1. The Hall–Kier alpha value is -2.28. The Labute approximate surface area is 116 Å². The lowest BCUT2D eigenvalue weighted by Gasteiger charge is -2.09. The molecule has 2 rings (SSSR count). The van der Waals surface area contributed by atoms with Gasteiger partial charge in [-0.3, -0.25) is 0 Å². The van der Waals surface area contributed by atoms with Gasteiger partial charge in [0.05, 0.1) is 5.02 Å². The Morgan fingerprint density at radius 3 is 2.70 bits per heavy atom. The van der Waals surface area contributed by atoms with Gasteiger partial charge in [0.15, 0.2) is 0 Å². The molecule has 0 bridgehead atoms. The quantitative estimate of drug-likeness (QED) is 0.492. The second-order valence-electron chi connectivity index (χ2n) is 3.69. The monoisotopic (exact) mass is 300 g/mol. The topological polar surface area (TPSA) is 65.3 Å². The van der Waals surface area contributed by atoms with Gasteiger partial charge >= 0.3 is 5.82 Å². The highest BCUT2D eigenvalue weighted by molar-refractivity contribution is 6.31. The normalized spacial score (nSPS) is 10.3. The van der Waals surface area contributed by atoms with Crippen LogP contribution in [0, 0.1) is 21.7 Å². The van der Waals surface area contributed by atoms with Crippen molar-refractivity contribution < 1.29 is 18.4 Å². The first-order valence-corrected chi connectivity index (χ1v) is 5.73. The first-order valence-electron chi connectivity index (χ1n) is 5.35. The van der Waals surface area contributed by atoms with Crippen LogP contribution >= 0.6 is 11.6 Å². The SMILES string of the molecule is O=[N+]([O-])c1ncccc1OCc1c(F)ccc(F)c1Cl. The molecular formula is C12H7ClF2N2O3. The molecule has 0 atom stereocenters. The molecule has 2 aromatic rings. The Bertz CT molecular complexity index is 667. The molecule has 104 valence electrons. The molecule has 0 fully saturated rings. The highest BCUT2D eigenvalue weighted by Crippen LogP contribution is 2.27. The number of rotatable bonds is 4. The van der Waals surface area contributed by atoms with Gasteiger partial charge in [0.25, 0.3) is 0 Å². The van der Waals surface area contributed by atoms with Crippen LogP contribution in [0.2, 0.25) is 5.02 Å². The lowest BCUT2D eigenvalue weighted by Crippen LogP contribution is -2.03. The van der Waals surface area contributed by atoms with Gasteiger partial charge in [0.1, 0.15) is 24.4 Å². The summed E-state index contributed by atoms with van der Waals surface area (Å²) in [5.41, 5.74) is -0.218. The second-order valence-corrected chi connectivity index (χ2v) is 4.07. The Morgan fingerprint density at radius 1 is 1.30 bits per heavy atom. The Morgan fingerprint density at radius 2 is 2.00 bits per heavy atom. The summed E-state index contributed by atoms with van der Waals surface area (Å²) < 4.78 is 31.8. The summed E-state index contributed by atoms with van der Waals surface area (Å²) in [4.78, 5) is 13.5. The highest BCUT2D eigenvalue weighted by atomic mass is 35.5. The molecule has 8 heteroatoms. The van der Waals surface area contributed by atoms with Crippen molar-refractivity contribution in [2.75, 3.05) is 0 Å². The van der Waals surface area contributed by atoms with Crippen LogP contribution in [0.1, 0.15) is 5.56 Å². The van der Waals surface area contributed by atoms with Crippen LogP contribution < -0.4 is 4.74 Å². The summed E-state index contributed by atoms with van der Waals surface area (Å²) in [5.74, 6) is -2.23. The number of nitro groups is 1. The van der Waals surface area contributed by atoms with Crippen molar-refractivity contribution in [2.24, 2.45) is 0 Å². The fourth-order valence-corrected chi connectivity index (χ4v) is 1.69. The third kappa shape index (κ3) is 2.83. The van der Waals surface area contributed by atoms with Crippen LogP contribution in [0.3, 0.4) is 0 Å². The fraction of sp³-hybridized carbons (Fsp3) is 0.0833. The molecule has 20 heavy (non-hydrogen) atoms. The number of benzene rings is 1. The lowest BCUT2D eigenvalue weighted by molar-refractivity contribution is -0.390. The van der Waals surface area contributed by atoms with Crippen molar-refractivity contribution >= 4 is 17.4 Å². The van der Waals surface area contributed by atoms with E-state index in [-0.39, 0.29) is 11.3 Å². The van der Waals surface area contributed by atoms with Gasteiger partial charge < -0.3 is 14.9 Å². The van der Waals surface area contributed by atoms with Gasteiger partial charge in [-0.2, -0.15) is 0 Å². The summed E-state index contributed by atoms with van der Waals surface area (Å²) >= 11 is 5.62. The van der Waals surface area contributed by atoms with E-state index in [0.717, 1.165) is 12.1 Å². The minimum atomic E-state index is -0.799. The minimum absolute atomic E-state index is 0.155. The Kier molecular flexibility index (Phi) is 4.09. The molecule has 0 aliphatic rings.